The lowest BCUT2D eigenvalue weighted by Gasteiger charge is -2.04. The predicted octanol–water partition coefficient (Wildman–Crippen LogP) is -0.0167. The van der Waals surface area contributed by atoms with Gasteiger partial charge in [-0.15, -0.1) is 6.20 Å². The van der Waals surface area contributed by atoms with Gasteiger partial charge >= 0.3 is 23.1 Å². The number of hydrogen-bond donors (Lipinski definition) is 0. The van der Waals surface area contributed by atoms with Crippen LogP contribution in [0.25, 0.3) is 5.73 Å². The third kappa shape index (κ3) is 1.23. The van der Waals surface area contributed by atoms with Crippen LogP contribution in [0.2, 0.25) is 0 Å². The number of allylic oxidation sites excluding steroid dienone is 1. The topological polar surface area (TPSA) is 92.1 Å². The second kappa shape index (κ2) is 3.02. The van der Waals surface area contributed by atoms with E-state index in [1.807, 2.05) is 0 Å². The van der Waals surface area contributed by atoms with Crippen molar-refractivity contribution in [2.45, 2.75) is 0 Å². The van der Waals surface area contributed by atoms with Crippen molar-refractivity contribution in [3.63, 3.8) is 0 Å². The lowest BCUT2D eigenvalue weighted by atomic mass is 9.90. The van der Waals surface area contributed by atoms with Crippen molar-refractivity contribution in [2.24, 2.45) is 0 Å². The van der Waals surface area contributed by atoms with Crippen LogP contribution in [0.1, 0.15) is 0 Å². The zero-order valence-corrected chi connectivity index (χ0v) is 6.84. The first kappa shape index (κ1) is 9.47. The van der Waals surface area contributed by atoms with Gasteiger partial charge in [0.2, 0.25) is 0 Å². The summed E-state index contributed by atoms with van der Waals surface area (Å²) in [5.41, 5.74) is 5.91. The van der Waals surface area contributed by atoms with Crippen molar-refractivity contribution in [3.05, 3.63) is 22.9 Å². The van der Waals surface area contributed by atoms with E-state index in [-0.39, 0.29) is 0 Å². The van der Waals surface area contributed by atoms with E-state index in [0.717, 1.165) is 0 Å². The molecule has 1 rings (SSSR count). The molecule has 0 unspecified atom stereocenters. The van der Waals surface area contributed by atoms with Crippen LogP contribution in [0.3, 0.4) is 0 Å². The normalized spacial score (nSPS) is 18.2. The van der Waals surface area contributed by atoms with E-state index >= 15 is 0 Å². The molecule has 1 N–H and O–H groups in total. The molecule has 1 saturated carbocycles. The van der Waals surface area contributed by atoms with Gasteiger partial charge < -0.3 is 5.73 Å². The van der Waals surface area contributed by atoms with Crippen molar-refractivity contribution < 1.29 is 19.2 Å². The molecule has 0 amide bonds. The molecule has 0 bridgehead atoms. The molecular weight excluding hydrogens is 198 g/mol. The molecule has 66 valence electrons. The number of ketones is 4. The van der Waals surface area contributed by atoms with Gasteiger partial charge in [-0.05, 0) is 0 Å². The molecular formula is C7H2ClNO4. The van der Waals surface area contributed by atoms with Crippen molar-refractivity contribution >= 4 is 34.7 Å². The van der Waals surface area contributed by atoms with Crippen molar-refractivity contribution in [1.29, 1.82) is 0 Å². The Labute approximate surface area is 77.5 Å². The van der Waals surface area contributed by atoms with Gasteiger partial charge in [0.15, 0.2) is 5.57 Å². The van der Waals surface area contributed by atoms with E-state index in [1.165, 1.54) is 0 Å². The van der Waals surface area contributed by atoms with Gasteiger partial charge in [-0.25, -0.2) is 9.59 Å². The van der Waals surface area contributed by atoms with Crippen LogP contribution in [0, 0.1) is 5.38 Å². The molecule has 0 aliphatic heterocycles. The summed E-state index contributed by atoms with van der Waals surface area (Å²) in [5.74, 6) is -4.87. The Morgan fingerprint density at radius 2 is 1.46 bits per heavy atom. The maximum atomic E-state index is 10.9. The van der Waals surface area contributed by atoms with Gasteiger partial charge in [-0.2, -0.15) is 0 Å². The van der Waals surface area contributed by atoms with E-state index in [2.05, 4.69) is 0 Å². The number of hydrogen-bond acceptors (Lipinski definition) is 4. The number of nitrogens with one attached hydrogen (secondary N) is 1. The number of rotatable bonds is 0. The Bertz CT molecular complexity index is 328. The second-order valence-corrected chi connectivity index (χ2v) is 2.57. The average molecular weight is 200 g/mol. The first-order valence-electron chi connectivity index (χ1n) is 3.08. The van der Waals surface area contributed by atoms with Gasteiger partial charge in [0.05, 0.1) is 0 Å². The second-order valence-electron chi connectivity index (χ2n) is 2.19. The van der Waals surface area contributed by atoms with E-state index in [0.29, 0.717) is 6.20 Å². The molecule has 0 spiro atoms. The molecule has 0 aromatic rings. The smallest absolute Gasteiger partial charge is 0.358 e. The molecule has 0 heterocycles. The third-order valence-electron chi connectivity index (χ3n) is 1.44. The molecule has 13 heavy (non-hydrogen) atoms. The molecule has 0 radical (unpaired) electrons. The minimum atomic E-state index is -1.23. The number of carbonyl (C=O) groups excluding carboxylic acids is 4. The molecule has 5 nitrogen and oxygen atoms in total. The molecule has 0 saturated heterocycles. The summed E-state index contributed by atoms with van der Waals surface area (Å²) in [6.45, 7) is 0. The number of carbonyl (C=O) groups is 4. The molecule has 0 aromatic heterocycles. The van der Waals surface area contributed by atoms with Crippen LogP contribution in [0.5, 0.6) is 0 Å². The fourth-order valence-corrected chi connectivity index (χ4v) is 0.953. The highest BCUT2D eigenvalue weighted by Gasteiger charge is 2.54. The minimum Gasteiger partial charge on any atom is -0.702 e. The van der Waals surface area contributed by atoms with Crippen molar-refractivity contribution in [2.75, 3.05) is 0 Å². The highest BCUT2D eigenvalue weighted by Crippen LogP contribution is 2.21. The standard InChI is InChI=1S/C7H2ClNO4/c8-3-6(12)4(10)2(1-9)5(11)7(3)13/h1H,(H-,9,10,11). The first-order valence-corrected chi connectivity index (χ1v) is 3.46. The summed E-state index contributed by atoms with van der Waals surface area (Å²) in [6.07, 6.45) is 0.379. The Morgan fingerprint density at radius 1 is 1.08 bits per heavy atom. The fourth-order valence-electron chi connectivity index (χ4n) is 0.781. The maximum absolute atomic E-state index is 10.9. The molecule has 1 aliphatic rings. The van der Waals surface area contributed by atoms with Gasteiger partial charge in [-0.3, -0.25) is 9.59 Å². The number of halogens is 1. The van der Waals surface area contributed by atoms with Crippen LogP contribution in [0.15, 0.2) is 11.8 Å². The maximum Gasteiger partial charge on any atom is 0.358 e. The van der Waals surface area contributed by atoms with Gasteiger partial charge in [0, 0.05) is 11.6 Å². The highest BCUT2D eigenvalue weighted by atomic mass is 35.5. The SMILES string of the molecule is [NH-]C=C1C(=O)C(=O)[C+](Cl)C(=O)C1=O. The zero-order valence-electron chi connectivity index (χ0n) is 6.09. The van der Waals surface area contributed by atoms with Gasteiger partial charge in [-0.1, -0.05) is 0 Å². The summed E-state index contributed by atoms with van der Waals surface area (Å²) in [7, 11) is 0. The van der Waals surface area contributed by atoms with Crippen LogP contribution in [0.4, 0.5) is 0 Å². The summed E-state index contributed by atoms with van der Waals surface area (Å²) in [4.78, 5) is 43.5. The highest BCUT2D eigenvalue weighted by molar-refractivity contribution is 6.81. The van der Waals surface area contributed by atoms with Crippen LogP contribution >= 0.6 is 11.6 Å². The van der Waals surface area contributed by atoms with E-state index in [4.69, 9.17) is 17.3 Å². The summed E-state index contributed by atoms with van der Waals surface area (Å²) < 4.78 is 0. The Kier molecular flexibility index (Phi) is 2.20. The van der Waals surface area contributed by atoms with E-state index in [1.54, 1.807) is 0 Å². The van der Waals surface area contributed by atoms with Crippen molar-refractivity contribution in [3.8, 4) is 0 Å². The Hall–Kier alpha value is -1.62. The number of Topliss-reactive ketones (excluding diaryl/α,β-unsaturated/α-hetero) is 4. The predicted molar refractivity (Wildman–Crippen MR) is 41.5 cm³/mol. The molecule has 1 aliphatic carbocycles. The van der Waals surface area contributed by atoms with Gasteiger partial charge in [0.25, 0.3) is 5.38 Å². The summed E-state index contributed by atoms with van der Waals surface area (Å²) in [6, 6.07) is 0. The molecule has 6 heteroatoms. The van der Waals surface area contributed by atoms with E-state index in [9.17, 15) is 19.2 Å². The molecule has 0 atom stereocenters. The van der Waals surface area contributed by atoms with Crippen LogP contribution < -0.4 is 0 Å². The first-order chi connectivity index (χ1) is 6.00. The van der Waals surface area contributed by atoms with Crippen LogP contribution in [-0.4, -0.2) is 23.1 Å². The third-order valence-corrected chi connectivity index (χ3v) is 1.79. The monoisotopic (exact) mass is 199 g/mol. The Morgan fingerprint density at radius 3 is 1.77 bits per heavy atom. The molecule has 1 fully saturated rings. The Balaban J connectivity index is 3.22. The average Bonchev–Trinajstić information content (AvgIpc) is 2.13. The summed E-state index contributed by atoms with van der Waals surface area (Å²) >= 11 is 5.12. The fraction of sp³-hybridized carbons (Fsp3) is 0. The van der Waals surface area contributed by atoms with Gasteiger partial charge in [0.1, 0.15) is 0 Å². The lowest BCUT2D eigenvalue weighted by Crippen LogP contribution is -2.40. The van der Waals surface area contributed by atoms with Crippen molar-refractivity contribution in [1.82, 2.24) is 0 Å². The lowest BCUT2D eigenvalue weighted by molar-refractivity contribution is -0.141. The quantitative estimate of drug-likeness (QED) is 0.237. The largest absolute Gasteiger partial charge is 0.702 e. The summed E-state index contributed by atoms with van der Waals surface area (Å²) in [5, 5.41) is -0.902. The molecule has 0 aromatic carbocycles. The zero-order chi connectivity index (χ0) is 10.2. The van der Waals surface area contributed by atoms with E-state index < -0.39 is 34.1 Å². The minimum absolute atomic E-state index is 0.379. The van der Waals surface area contributed by atoms with Crippen LogP contribution in [-0.2, 0) is 19.2 Å².